The Kier molecular flexibility index (Phi) is 4.09. The summed E-state index contributed by atoms with van der Waals surface area (Å²) in [6.45, 7) is 1.74. The quantitative estimate of drug-likeness (QED) is 0.570. The van der Waals surface area contributed by atoms with Gasteiger partial charge in [0.1, 0.15) is 18.7 Å². The van der Waals surface area contributed by atoms with Crippen LogP contribution in [0.4, 0.5) is 0 Å². The summed E-state index contributed by atoms with van der Waals surface area (Å²) in [5.41, 5.74) is 5.34. The molecule has 9 heteroatoms. The van der Waals surface area contributed by atoms with E-state index in [4.69, 9.17) is 0 Å². The van der Waals surface area contributed by atoms with Crippen molar-refractivity contribution in [2.75, 3.05) is 5.43 Å². The number of hydrogen-bond acceptors (Lipinski definition) is 6. The zero-order valence-corrected chi connectivity index (χ0v) is 13.9. The number of pyridine rings is 1. The molecule has 0 aliphatic heterocycles. The highest BCUT2D eigenvalue weighted by Crippen LogP contribution is 2.17. The second-order valence-corrected chi connectivity index (χ2v) is 5.23. The van der Waals surface area contributed by atoms with Crippen molar-refractivity contribution in [3.05, 3.63) is 63.6 Å². The minimum absolute atomic E-state index is 0. The van der Waals surface area contributed by atoms with Gasteiger partial charge in [-0.15, -0.1) is 22.6 Å². The van der Waals surface area contributed by atoms with Crippen LogP contribution in [0, 0.1) is 18.3 Å². The molecule has 0 fully saturated rings. The zero-order chi connectivity index (χ0) is 16.7. The van der Waals surface area contributed by atoms with E-state index in [1.807, 2.05) is 24.3 Å². The topological polar surface area (TPSA) is 101 Å². The maximum atomic E-state index is 13.0. The van der Waals surface area contributed by atoms with Gasteiger partial charge < -0.3 is 0 Å². The highest BCUT2D eigenvalue weighted by Gasteiger charge is 2.15. The van der Waals surface area contributed by atoms with Crippen LogP contribution in [0.3, 0.4) is 0 Å². The Balaban J connectivity index is 0.00000182. The molecule has 0 aliphatic carbocycles. The number of nitrogens with one attached hydrogen (secondary N) is 1. The molecular formula is C16H12ClN7O. The lowest BCUT2D eigenvalue weighted by molar-refractivity contribution is 0.964. The molecule has 1 aromatic carbocycles. The van der Waals surface area contributed by atoms with Crippen LogP contribution in [-0.4, -0.2) is 24.3 Å². The molecule has 3 heterocycles. The summed E-state index contributed by atoms with van der Waals surface area (Å²) in [6.07, 6.45) is 4.47. The molecule has 0 saturated heterocycles. The number of fused-ring (bicyclic) bond motifs is 3. The summed E-state index contributed by atoms with van der Waals surface area (Å²) < 4.78 is 2.97. The average molecular weight is 354 g/mol. The van der Waals surface area contributed by atoms with Crippen LogP contribution in [-0.2, 0) is 0 Å². The van der Waals surface area contributed by atoms with Crippen molar-refractivity contribution in [3.8, 4) is 6.07 Å². The van der Waals surface area contributed by atoms with E-state index in [1.54, 1.807) is 6.92 Å². The number of aromatic nitrogens is 5. The van der Waals surface area contributed by atoms with Gasteiger partial charge in [-0.2, -0.15) is 5.26 Å². The van der Waals surface area contributed by atoms with Crippen molar-refractivity contribution < 1.29 is 0 Å². The van der Waals surface area contributed by atoms with E-state index in [-0.39, 0.29) is 18.0 Å². The predicted octanol–water partition coefficient (Wildman–Crippen LogP) is 0.742. The van der Waals surface area contributed by atoms with Crippen LogP contribution in [0.25, 0.3) is 22.9 Å². The Labute approximate surface area is 147 Å². The fraction of sp³-hybridized carbons (Fsp3) is 0.0625. The standard InChI is InChI=1S/C16H11N7O.ClH/c1-10-11(6-17)15-21-13-4-2-3-5-14(13)23(15)16(24)12(10)7-20-22-8-18-19-9-22;/h2-5,7-9,20H,1H3;1H/b12-7-;. The van der Waals surface area contributed by atoms with E-state index in [1.165, 1.54) is 27.9 Å². The Morgan fingerprint density at radius 2 is 1.96 bits per heavy atom. The lowest BCUT2D eigenvalue weighted by Gasteiger charge is -2.04. The third-order valence-electron chi connectivity index (χ3n) is 3.89. The third kappa shape index (κ3) is 2.47. The lowest BCUT2D eigenvalue weighted by Crippen LogP contribution is -2.35. The van der Waals surface area contributed by atoms with E-state index in [0.29, 0.717) is 33.0 Å². The average Bonchev–Trinajstić information content (AvgIpc) is 3.22. The Morgan fingerprint density at radius 3 is 2.68 bits per heavy atom. The fourth-order valence-electron chi connectivity index (χ4n) is 2.69. The molecule has 8 nitrogen and oxygen atoms in total. The van der Waals surface area contributed by atoms with Gasteiger partial charge in [0.2, 0.25) is 0 Å². The Hall–Kier alpha value is -3.44. The number of halogens is 1. The second kappa shape index (κ2) is 6.22. The minimum Gasteiger partial charge on any atom is -0.298 e. The van der Waals surface area contributed by atoms with E-state index in [2.05, 4.69) is 26.7 Å². The molecule has 0 spiro atoms. The Morgan fingerprint density at radius 1 is 1.24 bits per heavy atom. The van der Waals surface area contributed by atoms with Gasteiger partial charge in [-0.3, -0.25) is 14.6 Å². The summed E-state index contributed by atoms with van der Waals surface area (Å²) >= 11 is 0. The smallest absolute Gasteiger partial charge is 0.265 e. The number of imidazole rings is 1. The zero-order valence-electron chi connectivity index (χ0n) is 13.0. The number of para-hydroxylation sites is 2. The van der Waals surface area contributed by atoms with Gasteiger partial charge in [0, 0.05) is 6.20 Å². The normalized spacial score (nSPS) is 11.4. The molecule has 4 rings (SSSR count). The molecule has 0 saturated carbocycles. The van der Waals surface area contributed by atoms with E-state index < -0.39 is 0 Å². The van der Waals surface area contributed by atoms with E-state index >= 15 is 0 Å². The molecule has 0 radical (unpaired) electrons. The van der Waals surface area contributed by atoms with Crippen LogP contribution < -0.4 is 16.2 Å². The van der Waals surface area contributed by atoms with Crippen LogP contribution >= 0.6 is 12.4 Å². The SMILES string of the molecule is Cc1c(C#N)c2nc3ccccc3n2c(=O)/c1=C\Nn1cnnc1.Cl. The van der Waals surface area contributed by atoms with Gasteiger partial charge in [0.05, 0.1) is 21.8 Å². The molecule has 1 N–H and O–H groups in total. The van der Waals surface area contributed by atoms with Gasteiger partial charge in [-0.05, 0) is 24.6 Å². The van der Waals surface area contributed by atoms with E-state index in [0.717, 1.165) is 0 Å². The molecule has 0 aliphatic rings. The van der Waals surface area contributed by atoms with Gasteiger partial charge in [-0.25, -0.2) is 9.66 Å². The summed E-state index contributed by atoms with van der Waals surface area (Å²) in [4.78, 5) is 17.4. The third-order valence-corrected chi connectivity index (χ3v) is 3.89. The van der Waals surface area contributed by atoms with Crippen molar-refractivity contribution in [1.82, 2.24) is 24.3 Å². The number of nitriles is 1. The first kappa shape index (κ1) is 16.4. The second-order valence-electron chi connectivity index (χ2n) is 5.23. The highest BCUT2D eigenvalue weighted by atomic mass is 35.5. The maximum Gasteiger partial charge on any atom is 0.265 e. The van der Waals surface area contributed by atoms with Crippen molar-refractivity contribution in [2.24, 2.45) is 0 Å². The first-order chi connectivity index (χ1) is 11.7. The first-order valence-corrected chi connectivity index (χ1v) is 7.16. The van der Waals surface area contributed by atoms with Crippen LogP contribution in [0.1, 0.15) is 11.1 Å². The van der Waals surface area contributed by atoms with Crippen molar-refractivity contribution >= 4 is 35.3 Å². The van der Waals surface area contributed by atoms with Crippen molar-refractivity contribution in [2.45, 2.75) is 6.92 Å². The molecule has 0 bridgehead atoms. The molecule has 0 amide bonds. The first-order valence-electron chi connectivity index (χ1n) is 7.16. The number of rotatable bonds is 2. The molecule has 0 atom stereocenters. The molecular weight excluding hydrogens is 342 g/mol. The van der Waals surface area contributed by atoms with Crippen molar-refractivity contribution in [1.29, 1.82) is 5.26 Å². The fourth-order valence-corrected chi connectivity index (χ4v) is 2.69. The Bertz CT molecular complexity index is 1220. The highest BCUT2D eigenvalue weighted by molar-refractivity contribution is 5.85. The number of hydrogen-bond donors (Lipinski definition) is 1. The molecule has 124 valence electrons. The molecule has 3 aromatic heterocycles. The minimum atomic E-state index is -0.240. The summed E-state index contributed by atoms with van der Waals surface area (Å²) in [5.74, 6) is 0. The monoisotopic (exact) mass is 353 g/mol. The van der Waals surface area contributed by atoms with Crippen LogP contribution in [0.15, 0.2) is 41.7 Å². The number of nitrogens with zero attached hydrogens (tertiary/aromatic N) is 6. The molecule has 4 aromatic rings. The van der Waals surface area contributed by atoms with Gasteiger partial charge in [0.25, 0.3) is 5.56 Å². The summed E-state index contributed by atoms with van der Waals surface area (Å²) in [6, 6.07) is 9.46. The summed E-state index contributed by atoms with van der Waals surface area (Å²) in [5, 5.41) is 17.3. The number of benzene rings is 1. The van der Waals surface area contributed by atoms with Gasteiger partial charge in [-0.1, -0.05) is 12.1 Å². The summed E-state index contributed by atoms with van der Waals surface area (Å²) in [7, 11) is 0. The van der Waals surface area contributed by atoms with Gasteiger partial charge >= 0.3 is 0 Å². The van der Waals surface area contributed by atoms with E-state index in [9.17, 15) is 10.1 Å². The van der Waals surface area contributed by atoms with Crippen molar-refractivity contribution in [3.63, 3.8) is 0 Å². The van der Waals surface area contributed by atoms with Gasteiger partial charge in [0.15, 0.2) is 5.65 Å². The maximum absolute atomic E-state index is 13.0. The molecule has 0 unspecified atom stereocenters. The molecule has 25 heavy (non-hydrogen) atoms. The lowest BCUT2D eigenvalue weighted by atomic mass is 10.1. The predicted molar refractivity (Wildman–Crippen MR) is 94.7 cm³/mol. The largest absolute Gasteiger partial charge is 0.298 e. The van der Waals surface area contributed by atoms with Crippen LogP contribution in [0.2, 0.25) is 0 Å². The van der Waals surface area contributed by atoms with Crippen LogP contribution in [0.5, 0.6) is 0 Å².